The molecule has 0 unspecified atom stereocenters. The molecule has 0 bridgehead atoms. The molecule has 0 atom stereocenters. The highest BCUT2D eigenvalue weighted by atomic mass is 16.7. The van der Waals surface area contributed by atoms with E-state index in [4.69, 9.17) is 42.6 Å². The van der Waals surface area contributed by atoms with Gasteiger partial charge in [-0.3, -0.25) is 0 Å². The largest absolute Gasteiger partial charge is 0.460 e. The number of methoxy groups -OCH3 is 3. The third-order valence-electron chi connectivity index (χ3n) is 13.6. The second-order valence-corrected chi connectivity index (χ2v) is 20.7. The van der Waals surface area contributed by atoms with Crippen LogP contribution in [0.4, 0.5) is 0 Å². The minimum Gasteiger partial charge on any atom is -0.460 e. The molecule has 75 heavy (non-hydrogen) atoms. The molecule has 0 aliphatic rings. The number of carbonyl (C=O) groups is 3. The van der Waals surface area contributed by atoms with E-state index in [0.717, 1.165) is 57.8 Å². The van der Waals surface area contributed by atoms with Crippen molar-refractivity contribution < 1.29 is 57.0 Å². The second-order valence-electron chi connectivity index (χ2n) is 20.7. The molecule has 0 radical (unpaired) electrons. The molecule has 0 N–H and O–H groups in total. The normalized spacial score (nSPS) is 12.5. The Bertz CT molecular complexity index is 1290. The third-order valence-corrected chi connectivity index (χ3v) is 13.6. The Kier molecular flexibility index (Phi) is 56.2. The van der Waals surface area contributed by atoms with E-state index in [0.29, 0.717) is 19.3 Å². The number of hydrogen-bond acceptors (Lipinski definition) is 12. The fourth-order valence-electron chi connectivity index (χ4n) is 8.96. The van der Waals surface area contributed by atoms with E-state index in [2.05, 4.69) is 20.8 Å². The molecule has 0 aliphatic carbocycles. The zero-order chi connectivity index (χ0) is 54.8. The van der Waals surface area contributed by atoms with Crippen molar-refractivity contribution in [3.63, 3.8) is 0 Å². The topological polar surface area (TPSA) is 134 Å². The van der Waals surface area contributed by atoms with Crippen molar-refractivity contribution in [2.45, 2.75) is 297 Å². The van der Waals surface area contributed by atoms with Crippen LogP contribution in [0.3, 0.4) is 0 Å². The van der Waals surface area contributed by atoms with Gasteiger partial charge in [0.1, 0.15) is 13.2 Å². The Morgan fingerprint density at radius 2 is 0.507 bits per heavy atom. The second kappa shape index (κ2) is 58.6. The Balaban J connectivity index is 5.59. The van der Waals surface area contributed by atoms with E-state index in [1.807, 2.05) is 0 Å². The van der Waals surface area contributed by atoms with Gasteiger partial charge in [-0.05, 0) is 56.8 Å². The van der Waals surface area contributed by atoms with Crippen LogP contribution in [0, 0.1) is 0 Å². The highest BCUT2D eigenvalue weighted by molar-refractivity contribution is 5.87. The highest BCUT2D eigenvalue weighted by Gasteiger charge is 2.25. The lowest BCUT2D eigenvalue weighted by Gasteiger charge is -2.20. The Morgan fingerprint density at radius 1 is 0.293 bits per heavy atom. The van der Waals surface area contributed by atoms with E-state index in [9.17, 15) is 14.4 Å². The molecule has 0 aliphatic heterocycles. The molecule has 0 spiro atoms. The summed E-state index contributed by atoms with van der Waals surface area (Å²) in [7, 11) is 4.43. The monoisotopic (exact) mass is 1060 g/mol. The lowest BCUT2D eigenvalue weighted by molar-refractivity contribution is -0.168. The van der Waals surface area contributed by atoms with Crippen molar-refractivity contribution in [2.24, 2.45) is 0 Å². The fourth-order valence-corrected chi connectivity index (χ4v) is 8.96. The van der Waals surface area contributed by atoms with Gasteiger partial charge in [-0.1, -0.05) is 252 Å². The molecular formula is C63H116O12. The maximum absolute atomic E-state index is 13.7. The van der Waals surface area contributed by atoms with Crippen molar-refractivity contribution >= 4 is 17.9 Å². The molecule has 440 valence electrons. The van der Waals surface area contributed by atoms with E-state index in [-0.39, 0.29) is 37.7 Å². The van der Waals surface area contributed by atoms with Crippen LogP contribution in [0.25, 0.3) is 0 Å². The SMILES string of the molecule is CCCCCCCCCCCCCCCC=C(OCOC)C(=O)OCC(COC(=O)C(=CCCCCCCCCCCCCCCC)OCOC)OC(=O)C(=CCCCCCCCCCCCCCCC)OCOC. The molecule has 0 aromatic rings. The van der Waals surface area contributed by atoms with Crippen LogP contribution in [0.1, 0.15) is 290 Å². The minimum atomic E-state index is -1.19. The van der Waals surface area contributed by atoms with Crippen LogP contribution in [-0.2, 0) is 57.0 Å². The van der Waals surface area contributed by atoms with Gasteiger partial charge in [0.25, 0.3) is 0 Å². The zero-order valence-electron chi connectivity index (χ0n) is 49.4. The Labute approximate surface area is 460 Å². The first-order valence-corrected chi connectivity index (χ1v) is 30.9. The smallest absolute Gasteiger partial charge is 0.373 e. The van der Waals surface area contributed by atoms with Crippen molar-refractivity contribution in [2.75, 3.05) is 54.9 Å². The third kappa shape index (κ3) is 49.0. The van der Waals surface area contributed by atoms with Crippen LogP contribution in [0.2, 0.25) is 0 Å². The average molecular weight is 1070 g/mol. The van der Waals surface area contributed by atoms with Crippen molar-refractivity contribution in [1.82, 2.24) is 0 Å². The van der Waals surface area contributed by atoms with E-state index >= 15 is 0 Å². The number of ether oxygens (including phenoxy) is 9. The number of esters is 3. The molecule has 0 saturated carbocycles. The number of allylic oxidation sites excluding steroid dienone is 3. The van der Waals surface area contributed by atoms with Crippen LogP contribution < -0.4 is 0 Å². The maximum atomic E-state index is 13.7. The average Bonchev–Trinajstić information content (AvgIpc) is 3.41. The summed E-state index contributed by atoms with van der Waals surface area (Å²) in [4.78, 5) is 40.7. The molecular weight excluding hydrogens is 949 g/mol. The van der Waals surface area contributed by atoms with E-state index in [1.165, 1.54) is 214 Å². The molecule has 12 nitrogen and oxygen atoms in total. The molecule has 12 heteroatoms. The number of carbonyl (C=O) groups excluding carboxylic acids is 3. The van der Waals surface area contributed by atoms with Gasteiger partial charge in [0, 0.05) is 21.3 Å². The van der Waals surface area contributed by atoms with Gasteiger partial charge in [0.15, 0.2) is 26.5 Å². The summed E-state index contributed by atoms with van der Waals surface area (Å²) in [6.45, 7) is 5.48. The predicted octanol–water partition coefficient (Wildman–Crippen LogP) is 17.9. The first kappa shape index (κ1) is 71.9. The molecule has 0 amide bonds. The van der Waals surface area contributed by atoms with Crippen molar-refractivity contribution in [3.05, 3.63) is 35.5 Å². The summed E-state index contributed by atoms with van der Waals surface area (Å²) in [6.07, 6.45) is 54.4. The Morgan fingerprint density at radius 3 is 0.733 bits per heavy atom. The summed E-state index contributed by atoms with van der Waals surface area (Å²) in [5.74, 6) is -2.30. The Hall–Kier alpha value is -3.09. The molecule has 0 saturated heterocycles. The van der Waals surface area contributed by atoms with Gasteiger partial charge < -0.3 is 42.6 Å². The standard InChI is InChI=1S/C63H116O12/c1-7-10-13-16-19-22-25-28-31-34-37-40-43-46-49-58(72-54-67-4)61(64)70-52-57(75-63(66)60(74-56-69-6)51-48-45-42-39-36-33-30-27-24-21-18-15-12-9-3)53-71-62(65)59(73-55-68-5)50-47-44-41-38-35-32-29-26-23-20-17-14-11-8-2/h49-51,57H,7-48,52-56H2,1-6H3. The highest BCUT2D eigenvalue weighted by Crippen LogP contribution is 2.19. The van der Waals surface area contributed by atoms with Crippen LogP contribution in [0.5, 0.6) is 0 Å². The molecule has 0 rings (SSSR count). The summed E-state index contributed by atoms with van der Waals surface area (Å²) < 4.78 is 49.6. The molecule has 0 fully saturated rings. The lowest BCUT2D eigenvalue weighted by Crippen LogP contribution is -2.32. The first-order valence-electron chi connectivity index (χ1n) is 30.9. The van der Waals surface area contributed by atoms with Crippen LogP contribution in [0.15, 0.2) is 35.5 Å². The quantitative estimate of drug-likeness (QED) is 0.0143. The number of rotatable bonds is 59. The lowest BCUT2D eigenvalue weighted by atomic mass is 10.0. The van der Waals surface area contributed by atoms with Crippen molar-refractivity contribution in [1.29, 1.82) is 0 Å². The van der Waals surface area contributed by atoms with Gasteiger partial charge in [0.05, 0.1) is 0 Å². The zero-order valence-corrected chi connectivity index (χ0v) is 49.4. The first-order chi connectivity index (χ1) is 36.9. The van der Waals surface area contributed by atoms with Crippen molar-refractivity contribution in [3.8, 4) is 0 Å². The summed E-state index contributed by atoms with van der Waals surface area (Å²) in [5.41, 5.74) is 0. The minimum absolute atomic E-state index is 0.00558. The van der Waals surface area contributed by atoms with Crippen LogP contribution in [-0.4, -0.2) is 78.9 Å². The fraction of sp³-hybridized carbons (Fsp3) is 0.857. The summed E-state index contributed by atoms with van der Waals surface area (Å²) in [5, 5.41) is 0. The van der Waals surface area contributed by atoms with Gasteiger partial charge in [-0.25, -0.2) is 14.4 Å². The van der Waals surface area contributed by atoms with Gasteiger partial charge in [-0.2, -0.15) is 0 Å². The predicted molar refractivity (Wildman–Crippen MR) is 306 cm³/mol. The van der Waals surface area contributed by atoms with Gasteiger partial charge in [0.2, 0.25) is 17.3 Å². The summed E-state index contributed by atoms with van der Waals surface area (Å²) in [6, 6.07) is 0. The summed E-state index contributed by atoms with van der Waals surface area (Å²) >= 11 is 0. The molecule has 0 heterocycles. The van der Waals surface area contributed by atoms with E-state index in [1.54, 1.807) is 18.2 Å². The van der Waals surface area contributed by atoms with Gasteiger partial charge in [-0.15, -0.1) is 0 Å². The van der Waals surface area contributed by atoms with Gasteiger partial charge >= 0.3 is 17.9 Å². The number of unbranched alkanes of at least 4 members (excludes halogenated alkanes) is 39. The number of hydrogen-bond donors (Lipinski definition) is 0. The van der Waals surface area contributed by atoms with E-state index < -0.39 is 37.2 Å². The molecule has 0 aromatic carbocycles. The maximum Gasteiger partial charge on any atom is 0.373 e. The molecule has 0 aromatic heterocycles. The van der Waals surface area contributed by atoms with Crippen LogP contribution >= 0.6 is 0 Å².